The van der Waals surface area contributed by atoms with Gasteiger partial charge >= 0.3 is 12.3 Å². The Kier molecular flexibility index (Phi) is 6.97. The van der Waals surface area contributed by atoms with Crippen molar-refractivity contribution < 1.29 is 32.2 Å². The smallest absolute Gasteiger partial charge is 0.491 e. The average molecular weight is 498 g/mol. The van der Waals surface area contributed by atoms with Crippen LogP contribution in [-0.4, -0.2) is 29.6 Å². The summed E-state index contributed by atoms with van der Waals surface area (Å²) in [6.07, 6.45) is -4.71. The van der Waals surface area contributed by atoms with Gasteiger partial charge in [-0.05, 0) is 92.9 Å². The summed E-state index contributed by atoms with van der Waals surface area (Å²) in [4.78, 5) is 13.0. The summed E-state index contributed by atoms with van der Waals surface area (Å²) in [6, 6.07) is 18.8. The van der Waals surface area contributed by atoms with E-state index in [2.05, 4.69) is 4.74 Å². The summed E-state index contributed by atoms with van der Waals surface area (Å²) in [6.45, 7) is 7.74. The van der Waals surface area contributed by atoms with Gasteiger partial charge in [0, 0.05) is 11.1 Å². The monoisotopic (exact) mass is 497 g/mol. The van der Waals surface area contributed by atoms with E-state index in [9.17, 15) is 18.0 Å². The normalized spacial score (nSPS) is 11.7. The Hall–Kier alpha value is -3.94. The molecule has 0 aliphatic rings. The van der Waals surface area contributed by atoms with Crippen LogP contribution in [0.2, 0.25) is 0 Å². The molecule has 1 aromatic heterocycles. The number of hydrogen-bond donors (Lipinski definition) is 0. The van der Waals surface area contributed by atoms with Crippen LogP contribution in [0.15, 0.2) is 66.7 Å². The van der Waals surface area contributed by atoms with Crippen LogP contribution in [0.4, 0.5) is 13.2 Å². The standard InChI is InChI=1S/C28H26F3NO4/c1-5-34-27(33)26-18(4)24-16-20(19-6-11-23(12-7-19)36-28(29,30)31)8-15-25(24)32(26)21-9-13-22(14-10-21)35-17(2)3/h6-17H,5H2,1-4H3. The summed E-state index contributed by atoms with van der Waals surface area (Å²) in [5.74, 6) is -0.00656. The van der Waals surface area contributed by atoms with Gasteiger partial charge in [-0.1, -0.05) is 18.2 Å². The van der Waals surface area contributed by atoms with Gasteiger partial charge in [0.25, 0.3) is 0 Å². The van der Waals surface area contributed by atoms with Crippen molar-refractivity contribution in [3.05, 3.63) is 78.0 Å². The second-order valence-corrected chi connectivity index (χ2v) is 8.49. The summed E-state index contributed by atoms with van der Waals surface area (Å²) in [5, 5.41) is 0.827. The molecule has 0 atom stereocenters. The number of halogens is 3. The molecule has 3 aromatic carbocycles. The van der Waals surface area contributed by atoms with E-state index in [0.29, 0.717) is 11.3 Å². The van der Waals surface area contributed by atoms with E-state index < -0.39 is 12.3 Å². The zero-order valence-corrected chi connectivity index (χ0v) is 20.3. The predicted octanol–water partition coefficient (Wildman–Crippen LogP) is 7.47. The lowest BCUT2D eigenvalue weighted by atomic mass is 10.0. The average Bonchev–Trinajstić information content (AvgIpc) is 3.11. The number of aryl methyl sites for hydroxylation is 1. The molecule has 5 nitrogen and oxygen atoms in total. The second kappa shape index (κ2) is 9.97. The Morgan fingerprint density at radius 1 is 0.917 bits per heavy atom. The summed E-state index contributed by atoms with van der Waals surface area (Å²) < 4.78 is 54.4. The number of aromatic nitrogens is 1. The number of carbonyl (C=O) groups excluding carboxylic acids is 1. The zero-order chi connectivity index (χ0) is 26.0. The quantitative estimate of drug-likeness (QED) is 0.249. The molecule has 0 saturated carbocycles. The summed E-state index contributed by atoms with van der Waals surface area (Å²) in [7, 11) is 0. The Bertz CT molecular complexity index is 1370. The van der Waals surface area contributed by atoms with Gasteiger partial charge < -0.3 is 18.8 Å². The van der Waals surface area contributed by atoms with Crippen molar-refractivity contribution in [1.82, 2.24) is 4.57 Å². The van der Waals surface area contributed by atoms with Crippen molar-refractivity contribution in [3.63, 3.8) is 0 Å². The van der Waals surface area contributed by atoms with E-state index in [0.717, 1.165) is 33.5 Å². The van der Waals surface area contributed by atoms with Crippen molar-refractivity contribution >= 4 is 16.9 Å². The number of nitrogens with zero attached hydrogens (tertiary/aromatic N) is 1. The van der Waals surface area contributed by atoms with Crippen molar-refractivity contribution in [2.75, 3.05) is 6.61 Å². The van der Waals surface area contributed by atoms with Crippen LogP contribution in [-0.2, 0) is 4.74 Å². The molecule has 0 fully saturated rings. The first-order valence-corrected chi connectivity index (χ1v) is 11.5. The predicted molar refractivity (Wildman–Crippen MR) is 132 cm³/mol. The highest BCUT2D eigenvalue weighted by atomic mass is 19.4. The van der Waals surface area contributed by atoms with Crippen LogP contribution in [0.1, 0.15) is 36.8 Å². The molecular weight excluding hydrogens is 471 g/mol. The second-order valence-electron chi connectivity index (χ2n) is 8.49. The highest BCUT2D eigenvalue weighted by Gasteiger charge is 2.31. The molecule has 0 amide bonds. The van der Waals surface area contributed by atoms with Gasteiger partial charge in [-0.15, -0.1) is 13.2 Å². The highest BCUT2D eigenvalue weighted by molar-refractivity contribution is 6.01. The minimum atomic E-state index is -4.75. The van der Waals surface area contributed by atoms with E-state index in [-0.39, 0.29) is 18.5 Å². The first kappa shape index (κ1) is 25.2. The lowest BCUT2D eigenvalue weighted by Crippen LogP contribution is -2.16. The number of alkyl halides is 3. The molecule has 8 heteroatoms. The van der Waals surface area contributed by atoms with E-state index >= 15 is 0 Å². The molecule has 0 bridgehead atoms. The van der Waals surface area contributed by atoms with Crippen LogP contribution < -0.4 is 9.47 Å². The summed E-state index contributed by atoms with van der Waals surface area (Å²) in [5.41, 5.74) is 4.23. The molecule has 4 rings (SSSR count). The van der Waals surface area contributed by atoms with Crippen molar-refractivity contribution in [2.24, 2.45) is 0 Å². The number of rotatable bonds is 7. The number of ether oxygens (including phenoxy) is 3. The van der Waals surface area contributed by atoms with Crippen LogP contribution >= 0.6 is 0 Å². The van der Waals surface area contributed by atoms with Crippen molar-refractivity contribution in [1.29, 1.82) is 0 Å². The molecule has 0 unspecified atom stereocenters. The fourth-order valence-electron chi connectivity index (χ4n) is 4.13. The van der Waals surface area contributed by atoms with Crippen LogP contribution in [0.25, 0.3) is 27.7 Å². The van der Waals surface area contributed by atoms with Gasteiger partial charge in [0.05, 0.1) is 18.2 Å². The molecular formula is C28H26F3NO4. The van der Waals surface area contributed by atoms with Gasteiger partial charge in [-0.25, -0.2) is 4.79 Å². The van der Waals surface area contributed by atoms with E-state index in [4.69, 9.17) is 9.47 Å². The van der Waals surface area contributed by atoms with Gasteiger partial charge in [0.15, 0.2) is 0 Å². The van der Waals surface area contributed by atoms with Crippen LogP contribution in [0.5, 0.6) is 11.5 Å². The highest BCUT2D eigenvalue weighted by Crippen LogP contribution is 2.34. The van der Waals surface area contributed by atoms with E-state index in [1.165, 1.54) is 12.1 Å². The molecule has 36 heavy (non-hydrogen) atoms. The molecule has 4 aromatic rings. The summed E-state index contributed by atoms with van der Waals surface area (Å²) >= 11 is 0. The van der Waals surface area contributed by atoms with Gasteiger partial charge in [0.2, 0.25) is 0 Å². The van der Waals surface area contributed by atoms with E-state index in [1.807, 2.05) is 67.8 Å². The number of benzene rings is 3. The molecule has 1 heterocycles. The molecule has 0 aliphatic carbocycles. The fourth-order valence-corrected chi connectivity index (χ4v) is 4.13. The maximum absolute atomic E-state index is 13.0. The fraction of sp³-hybridized carbons (Fsp3) is 0.250. The largest absolute Gasteiger partial charge is 0.573 e. The van der Waals surface area contributed by atoms with E-state index in [1.54, 1.807) is 19.1 Å². The molecule has 0 N–H and O–H groups in total. The third-order valence-corrected chi connectivity index (χ3v) is 5.58. The number of carbonyl (C=O) groups is 1. The van der Waals surface area contributed by atoms with Crippen LogP contribution in [0.3, 0.4) is 0 Å². The maximum atomic E-state index is 13.0. The first-order chi connectivity index (χ1) is 17.1. The van der Waals surface area contributed by atoms with Crippen molar-refractivity contribution in [2.45, 2.75) is 40.2 Å². The minimum absolute atomic E-state index is 0.0353. The maximum Gasteiger partial charge on any atom is 0.573 e. The third kappa shape index (κ3) is 5.32. The Labute approximate surface area is 207 Å². The first-order valence-electron chi connectivity index (χ1n) is 11.5. The molecule has 0 saturated heterocycles. The van der Waals surface area contributed by atoms with Crippen molar-refractivity contribution in [3.8, 4) is 28.3 Å². The molecule has 188 valence electrons. The topological polar surface area (TPSA) is 49.7 Å². The molecule has 0 spiro atoms. The molecule has 0 aliphatic heterocycles. The minimum Gasteiger partial charge on any atom is -0.491 e. The van der Waals surface area contributed by atoms with Gasteiger partial charge in [0.1, 0.15) is 17.2 Å². The lowest BCUT2D eigenvalue weighted by Gasteiger charge is -2.13. The lowest BCUT2D eigenvalue weighted by molar-refractivity contribution is -0.274. The zero-order valence-electron chi connectivity index (χ0n) is 20.3. The molecule has 0 radical (unpaired) electrons. The Morgan fingerprint density at radius 3 is 2.11 bits per heavy atom. The number of hydrogen-bond acceptors (Lipinski definition) is 4. The number of fused-ring (bicyclic) bond motifs is 1. The van der Waals surface area contributed by atoms with Gasteiger partial charge in [-0.2, -0.15) is 0 Å². The number of esters is 1. The van der Waals surface area contributed by atoms with Crippen LogP contribution in [0, 0.1) is 6.92 Å². The third-order valence-electron chi connectivity index (χ3n) is 5.58. The SMILES string of the molecule is CCOC(=O)c1c(C)c2cc(-c3ccc(OC(F)(F)F)cc3)ccc2n1-c1ccc(OC(C)C)cc1. The Morgan fingerprint density at radius 2 is 1.53 bits per heavy atom. The Balaban J connectivity index is 1.80. The van der Waals surface area contributed by atoms with Gasteiger partial charge in [-0.3, -0.25) is 0 Å².